The second-order valence-corrected chi connectivity index (χ2v) is 7.09. The molecule has 2 aromatic rings. The molecule has 0 aliphatic carbocycles. The molecule has 1 atom stereocenters. The fourth-order valence-electron chi connectivity index (χ4n) is 2.44. The molecule has 1 saturated heterocycles. The fraction of sp³-hybridized carbons (Fsp3) is 0.692. The number of nitrogens with zero attached hydrogens (tertiary/aromatic N) is 4. The van der Waals surface area contributed by atoms with Crippen molar-refractivity contribution in [2.24, 2.45) is 0 Å². The van der Waals surface area contributed by atoms with Gasteiger partial charge in [0.05, 0.1) is 24.5 Å². The minimum Gasteiger partial charge on any atom is -0.394 e. The standard InChI is InChI=1S/C13H20N4OS/c1-13(2,3)10-7-17-11(14-10)19-12(15-17)16-6-4-5-9(16)8-18/h7,9,18H,4-6,8H2,1-3H3/t9-/m1/s1. The van der Waals surface area contributed by atoms with Crippen molar-refractivity contribution in [3.63, 3.8) is 0 Å². The monoisotopic (exact) mass is 280 g/mol. The molecule has 0 bridgehead atoms. The van der Waals surface area contributed by atoms with Crippen LogP contribution < -0.4 is 4.90 Å². The van der Waals surface area contributed by atoms with Crippen molar-refractivity contribution >= 4 is 21.4 Å². The number of fused-ring (bicyclic) bond motifs is 1. The zero-order valence-electron chi connectivity index (χ0n) is 11.6. The van der Waals surface area contributed by atoms with Gasteiger partial charge in [0.15, 0.2) is 0 Å². The average molecular weight is 280 g/mol. The first-order valence-electron chi connectivity index (χ1n) is 6.73. The maximum atomic E-state index is 9.39. The zero-order chi connectivity index (χ0) is 13.6. The van der Waals surface area contributed by atoms with Gasteiger partial charge in [-0.25, -0.2) is 9.50 Å². The van der Waals surface area contributed by atoms with E-state index in [0.29, 0.717) is 0 Å². The lowest BCUT2D eigenvalue weighted by atomic mass is 9.93. The Kier molecular flexibility index (Phi) is 3.02. The fourth-order valence-corrected chi connectivity index (χ4v) is 3.43. The first-order valence-corrected chi connectivity index (χ1v) is 7.55. The Bertz CT molecular complexity index is 551. The highest BCUT2D eigenvalue weighted by atomic mass is 32.1. The molecule has 0 amide bonds. The normalized spacial score (nSPS) is 20.6. The van der Waals surface area contributed by atoms with Gasteiger partial charge in [-0.3, -0.25) is 0 Å². The number of imidazole rings is 1. The first-order chi connectivity index (χ1) is 8.99. The molecule has 1 N–H and O–H groups in total. The van der Waals surface area contributed by atoms with Crippen LogP contribution in [0.4, 0.5) is 5.13 Å². The third-order valence-electron chi connectivity index (χ3n) is 3.63. The molecule has 0 unspecified atom stereocenters. The Morgan fingerprint density at radius 2 is 2.26 bits per heavy atom. The number of aliphatic hydroxyl groups is 1. The van der Waals surface area contributed by atoms with Crippen LogP contribution in [-0.4, -0.2) is 38.9 Å². The van der Waals surface area contributed by atoms with Crippen molar-refractivity contribution in [3.05, 3.63) is 11.9 Å². The summed E-state index contributed by atoms with van der Waals surface area (Å²) in [4.78, 5) is 7.80. The van der Waals surface area contributed by atoms with Gasteiger partial charge in [0, 0.05) is 12.0 Å². The summed E-state index contributed by atoms with van der Waals surface area (Å²) in [5.74, 6) is 0. The van der Waals surface area contributed by atoms with Crippen molar-refractivity contribution in [1.82, 2.24) is 14.6 Å². The summed E-state index contributed by atoms with van der Waals surface area (Å²) in [6.07, 6.45) is 4.19. The van der Waals surface area contributed by atoms with Gasteiger partial charge in [-0.1, -0.05) is 32.1 Å². The summed E-state index contributed by atoms with van der Waals surface area (Å²) in [6.45, 7) is 7.65. The van der Waals surface area contributed by atoms with Crippen molar-refractivity contribution < 1.29 is 5.11 Å². The quantitative estimate of drug-likeness (QED) is 0.915. The van der Waals surface area contributed by atoms with Crippen LogP contribution in [0, 0.1) is 0 Å². The maximum Gasteiger partial charge on any atom is 0.214 e. The van der Waals surface area contributed by atoms with E-state index in [1.807, 2.05) is 10.7 Å². The second-order valence-electron chi connectivity index (χ2n) is 6.16. The van der Waals surface area contributed by atoms with E-state index in [1.54, 1.807) is 11.3 Å². The van der Waals surface area contributed by atoms with E-state index in [2.05, 4.69) is 35.8 Å². The van der Waals surface area contributed by atoms with Crippen LogP contribution in [0.2, 0.25) is 0 Å². The predicted octanol–water partition coefficient (Wildman–Crippen LogP) is 2.05. The van der Waals surface area contributed by atoms with Crippen LogP contribution in [0.3, 0.4) is 0 Å². The van der Waals surface area contributed by atoms with Gasteiger partial charge in [0.25, 0.3) is 0 Å². The number of rotatable bonds is 2. The molecule has 0 saturated carbocycles. The summed E-state index contributed by atoms with van der Waals surface area (Å²) < 4.78 is 1.87. The van der Waals surface area contributed by atoms with Crippen molar-refractivity contribution in [2.45, 2.75) is 45.1 Å². The summed E-state index contributed by atoms with van der Waals surface area (Å²) in [5.41, 5.74) is 1.12. The van der Waals surface area contributed by atoms with E-state index in [0.717, 1.165) is 35.2 Å². The smallest absolute Gasteiger partial charge is 0.214 e. The molecule has 3 heterocycles. The molecule has 1 aliphatic heterocycles. The van der Waals surface area contributed by atoms with Gasteiger partial charge in [-0.05, 0) is 12.8 Å². The highest BCUT2D eigenvalue weighted by Gasteiger charge is 2.27. The van der Waals surface area contributed by atoms with E-state index in [1.165, 1.54) is 0 Å². The molecule has 0 aromatic carbocycles. The molecule has 1 aliphatic rings. The van der Waals surface area contributed by atoms with Crippen LogP contribution in [0.5, 0.6) is 0 Å². The Labute approximate surface area is 116 Å². The summed E-state index contributed by atoms with van der Waals surface area (Å²) >= 11 is 1.61. The summed E-state index contributed by atoms with van der Waals surface area (Å²) in [6, 6.07) is 0.220. The maximum absolute atomic E-state index is 9.39. The first kappa shape index (κ1) is 12.9. The number of hydrogen-bond donors (Lipinski definition) is 1. The van der Waals surface area contributed by atoms with E-state index in [-0.39, 0.29) is 18.1 Å². The zero-order valence-corrected chi connectivity index (χ0v) is 12.4. The molecular formula is C13H20N4OS. The van der Waals surface area contributed by atoms with Gasteiger partial charge in [-0.2, -0.15) is 0 Å². The summed E-state index contributed by atoms with van der Waals surface area (Å²) in [7, 11) is 0. The van der Waals surface area contributed by atoms with E-state index in [4.69, 9.17) is 0 Å². The second kappa shape index (κ2) is 4.45. The van der Waals surface area contributed by atoms with Crippen LogP contribution in [-0.2, 0) is 5.41 Å². The number of aliphatic hydroxyl groups excluding tert-OH is 1. The van der Waals surface area contributed by atoms with Gasteiger partial charge in [-0.15, -0.1) is 5.10 Å². The van der Waals surface area contributed by atoms with E-state index in [9.17, 15) is 5.11 Å². The predicted molar refractivity (Wildman–Crippen MR) is 77.0 cm³/mol. The van der Waals surface area contributed by atoms with Crippen LogP contribution in [0.1, 0.15) is 39.3 Å². The van der Waals surface area contributed by atoms with Crippen molar-refractivity contribution in [1.29, 1.82) is 0 Å². The minimum atomic E-state index is 0.0505. The summed E-state index contributed by atoms with van der Waals surface area (Å²) in [5, 5.41) is 15.0. The van der Waals surface area contributed by atoms with Crippen molar-refractivity contribution in [3.8, 4) is 0 Å². The number of aromatic nitrogens is 3. The van der Waals surface area contributed by atoms with Gasteiger partial charge in [0.1, 0.15) is 0 Å². The SMILES string of the molecule is CC(C)(C)c1cn2nc(N3CCC[C@@H]3CO)sc2n1. The molecule has 0 spiro atoms. The third kappa shape index (κ3) is 2.23. The molecular weight excluding hydrogens is 260 g/mol. The van der Waals surface area contributed by atoms with Crippen LogP contribution in [0.15, 0.2) is 6.20 Å². The Morgan fingerprint density at radius 3 is 2.89 bits per heavy atom. The molecule has 5 nitrogen and oxygen atoms in total. The third-order valence-corrected chi connectivity index (χ3v) is 4.59. The highest BCUT2D eigenvalue weighted by molar-refractivity contribution is 7.20. The molecule has 104 valence electrons. The Morgan fingerprint density at radius 1 is 1.47 bits per heavy atom. The van der Waals surface area contributed by atoms with E-state index < -0.39 is 0 Å². The molecule has 3 rings (SSSR count). The Balaban J connectivity index is 1.93. The topological polar surface area (TPSA) is 53.7 Å². The lowest BCUT2D eigenvalue weighted by molar-refractivity contribution is 0.266. The lowest BCUT2D eigenvalue weighted by Crippen LogP contribution is -2.31. The Hall–Kier alpha value is -1.14. The highest BCUT2D eigenvalue weighted by Crippen LogP contribution is 2.31. The molecule has 0 radical (unpaired) electrons. The molecule has 19 heavy (non-hydrogen) atoms. The molecule has 2 aromatic heterocycles. The average Bonchev–Trinajstić information content (AvgIpc) is 3.00. The van der Waals surface area contributed by atoms with Gasteiger partial charge in [0.2, 0.25) is 10.1 Å². The number of hydrogen-bond acceptors (Lipinski definition) is 5. The lowest BCUT2D eigenvalue weighted by Gasteiger charge is -2.21. The molecule has 1 fully saturated rings. The van der Waals surface area contributed by atoms with Gasteiger partial charge < -0.3 is 10.0 Å². The van der Waals surface area contributed by atoms with Crippen LogP contribution >= 0.6 is 11.3 Å². The van der Waals surface area contributed by atoms with E-state index >= 15 is 0 Å². The largest absolute Gasteiger partial charge is 0.394 e. The minimum absolute atomic E-state index is 0.0505. The number of anilines is 1. The molecule has 6 heteroatoms. The van der Waals surface area contributed by atoms with Gasteiger partial charge >= 0.3 is 0 Å². The van der Waals surface area contributed by atoms with Crippen LogP contribution in [0.25, 0.3) is 4.96 Å². The van der Waals surface area contributed by atoms with Crippen molar-refractivity contribution in [2.75, 3.05) is 18.1 Å².